The van der Waals surface area contributed by atoms with E-state index in [2.05, 4.69) is 16.0 Å². The molecule has 11 heteroatoms. The van der Waals surface area contributed by atoms with Gasteiger partial charge in [-0.05, 0) is 43.4 Å². The van der Waals surface area contributed by atoms with Crippen molar-refractivity contribution in [2.75, 3.05) is 0 Å². The molecule has 0 radical (unpaired) electrons. The van der Waals surface area contributed by atoms with Crippen molar-refractivity contribution in [1.82, 2.24) is 16.0 Å². The van der Waals surface area contributed by atoms with Crippen molar-refractivity contribution >= 4 is 22.0 Å². The van der Waals surface area contributed by atoms with Crippen molar-refractivity contribution in [2.45, 2.75) is 49.3 Å². The lowest BCUT2D eigenvalue weighted by atomic mass is 10.1. The molecule has 0 bridgehead atoms. The van der Waals surface area contributed by atoms with E-state index in [9.17, 15) is 29.0 Å². The van der Waals surface area contributed by atoms with E-state index < -0.39 is 33.1 Å². The maximum Gasteiger partial charge on any atom is 0.310 e. The molecule has 3 N–H and O–H groups in total. The van der Waals surface area contributed by atoms with Crippen molar-refractivity contribution in [3.63, 3.8) is 0 Å². The SMILES string of the molecule is C[C@@H](NC(=O)C1CC(=O)NC(C2CC2)N1)c1ccc(S(F)(F)(F)(F)F)cc1. The van der Waals surface area contributed by atoms with Gasteiger partial charge in [0.2, 0.25) is 11.8 Å². The molecule has 2 unspecified atom stereocenters. The van der Waals surface area contributed by atoms with Gasteiger partial charge >= 0.3 is 10.2 Å². The molecule has 1 heterocycles. The van der Waals surface area contributed by atoms with Crippen LogP contribution >= 0.6 is 10.2 Å². The van der Waals surface area contributed by atoms with Gasteiger partial charge < -0.3 is 10.6 Å². The van der Waals surface area contributed by atoms with Crippen LogP contribution in [0.5, 0.6) is 0 Å². The smallest absolute Gasteiger partial charge is 0.310 e. The van der Waals surface area contributed by atoms with E-state index in [-0.39, 0.29) is 24.1 Å². The van der Waals surface area contributed by atoms with E-state index in [4.69, 9.17) is 0 Å². The second-order valence-corrected chi connectivity index (χ2v) is 9.48. The van der Waals surface area contributed by atoms with Crippen molar-refractivity contribution < 1.29 is 29.0 Å². The van der Waals surface area contributed by atoms with Gasteiger partial charge in [0.1, 0.15) is 4.90 Å². The van der Waals surface area contributed by atoms with Crippen LogP contribution in [0.2, 0.25) is 0 Å². The molecule has 0 aromatic heterocycles. The van der Waals surface area contributed by atoms with Gasteiger partial charge in [0.05, 0.1) is 24.7 Å². The Labute approximate surface area is 152 Å². The fourth-order valence-corrected chi connectivity index (χ4v) is 3.65. The summed E-state index contributed by atoms with van der Waals surface area (Å²) >= 11 is 0. The van der Waals surface area contributed by atoms with Crippen molar-refractivity contribution in [2.24, 2.45) is 5.92 Å². The molecule has 1 saturated carbocycles. The Kier molecular flexibility index (Phi) is 4.27. The summed E-state index contributed by atoms with van der Waals surface area (Å²) < 4.78 is 63.8. The Bertz CT molecular complexity index is 765. The third-order valence-corrected chi connectivity index (χ3v) is 5.84. The van der Waals surface area contributed by atoms with E-state index in [0.717, 1.165) is 25.0 Å². The quantitative estimate of drug-likeness (QED) is 0.645. The molecule has 3 rings (SSSR count). The van der Waals surface area contributed by atoms with E-state index in [1.54, 1.807) is 0 Å². The average Bonchev–Trinajstić information content (AvgIpc) is 3.37. The molecule has 2 aliphatic rings. The number of rotatable bonds is 5. The van der Waals surface area contributed by atoms with Gasteiger partial charge in [-0.2, -0.15) is 0 Å². The summed E-state index contributed by atoms with van der Waals surface area (Å²) in [6.45, 7) is 1.52. The van der Waals surface area contributed by atoms with E-state index >= 15 is 0 Å². The summed E-state index contributed by atoms with van der Waals surface area (Å²) in [5, 5.41) is 8.43. The van der Waals surface area contributed by atoms with Crippen molar-refractivity contribution in [1.29, 1.82) is 0 Å². The van der Waals surface area contributed by atoms with Crippen LogP contribution in [0.3, 0.4) is 0 Å². The Balaban J connectivity index is 1.65. The predicted molar refractivity (Wildman–Crippen MR) is 90.6 cm³/mol. The predicted octanol–water partition coefficient (Wildman–Crippen LogP) is 3.74. The second-order valence-electron chi connectivity index (χ2n) is 7.07. The molecule has 2 amide bonds. The van der Waals surface area contributed by atoms with Crippen LogP contribution in [0.25, 0.3) is 0 Å². The Morgan fingerprint density at radius 3 is 2.26 bits per heavy atom. The normalized spacial score (nSPS) is 27.1. The van der Waals surface area contributed by atoms with E-state index in [0.29, 0.717) is 18.1 Å². The fraction of sp³-hybridized carbons (Fsp3) is 0.500. The van der Waals surface area contributed by atoms with Gasteiger partial charge in [-0.15, -0.1) is 0 Å². The first-order valence-corrected chi connectivity index (χ1v) is 10.4. The second kappa shape index (κ2) is 5.81. The number of nitrogens with one attached hydrogen (secondary N) is 3. The van der Waals surface area contributed by atoms with Crippen LogP contribution in [-0.2, 0) is 9.59 Å². The van der Waals surface area contributed by atoms with Crippen LogP contribution in [0.4, 0.5) is 19.4 Å². The molecule has 3 atom stereocenters. The summed E-state index contributed by atoms with van der Waals surface area (Å²) in [5.41, 5.74) is 0.243. The van der Waals surface area contributed by atoms with Crippen LogP contribution in [0.15, 0.2) is 29.2 Å². The lowest BCUT2D eigenvalue weighted by molar-refractivity contribution is -0.132. The molecule has 1 aromatic rings. The highest BCUT2D eigenvalue weighted by atomic mass is 32.5. The third kappa shape index (κ3) is 4.89. The van der Waals surface area contributed by atoms with Gasteiger partial charge in [0, 0.05) is 0 Å². The number of hydrogen-bond donors (Lipinski definition) is 3. The standard InChI is InChI=1S/C16H20F5N3O2S/c1-9(10-4-6-12(7-5-10)27(17,18,19,20)21)22-16(26)13-8-14(25)24-15(23-13)11-2-3-11/h4-7,9,11,13,15,23H,2-3,8H2,1H3,(H,22,26)(H,24,25)/t9-,13?,15?/m1/s1. The number of carbonyl (C=O) groups excluding carboxylic acids is 2. The minimum Gasteiger partial charge on any atom is -0.348 e. The summed E-state index contributed by atoms with van der Waals surface area (Å²) in [5.74, 6) is -0.431. The molecule has 1 saturated heterocycles. The zero-order valence-electron chi connectivity index (χ0n) is 14.4. The van der Waals surface area contributed by atoms with Gasteiger partial charge in [-0.3, -0.25) is 14.9 Å². The maximum absolute atomic E-state index is 12.8. The zero-order valence-corrected chi connectivity index (χ0v) is 15.2. The Morgan fingerprint density at radius 1 is 1.15 bits per heavy atom. The highest BCUT2D eigenvalue weighted by molar-refractivity contribution is 8.45. The molecule has 27 heavy (non-hydrogen) atoms. The maximum atomic E-state index is 12.8. The Morgan fingerprint density at radius 2 is 1.74 bits per heavy atom. The van der Waals surface area contributed by atoms with E-state index in [1.165, 1.54) is 6.92 Å². The van der Waals surface area contributed by atoms with Crippen molar-refractivity contribution in [3.8, 4) is 0 Å². The molecule has 2 fully saturated rings. The number of hydrogen-bond acceptors (Lipinski definition) is 3. The van der Waals surface area contributed by atoms with E-state index in [1.807, 2.05) is 0 Å². The minimum absolute atomic E-state index is 0.0507. The molecular weight excluding hydrogens is 393 g/mol. The summed E-state index contributed by atoms with van der Waals surface area (Å²) in [6.07, 6.45) is 1.60. The largest absolute Gasteiger partial charge is 0.348 e. The third-order valence-electron chi connectivity index (χ3n) is 4.68. The zero-order chi connectivity index (χ0) is 20.1. The van der Waals surface area contributed by atoms with Gasteiger partial charge in [0.25, 0.3) is 0 Å². The molecule has 0 spiro atoms. The van der Waals surface area contributed by atoms with Gasteiger partial charge in [0.15, 0.2) is 0 Å². The molecular formula is C16H20F5N3O2S. The highest BCUT2D eigenvalue weighted by Crippen LogP contribution is 3.02. The fourth-order valence-electron chi connectivity index (χ4n) is 3.00. The van der Waals surface area contributed by atoms with Crippen LogP contribution in [-0.4, -0.2) is 24.0 Å². The monoisotopic (exact) mass is 413 g/mol. The summed E-state index contributed by atoms with van der Waals surface area (Å²) in [6, 6.07) is 0.981. The number of carbonyl (C=O) groups is 2. The molecule has 1 aliphatic carbocycles. The molecule has 5 nitrogen and oxygen atoms in total. The topological polar surface area (TPSA) is 70.2 Å². The number of halogens is 5. The van der Waals surface area contributed by atoms with Crippen LogP contribution in [0.1, 0.15) is 37.8 Å². The summed E-state index contributed by atoms with van der Waals surface area (Å²) in [4.78, 5) is 22.2. The molecule has 1 aromatic carbocycles. The average molecular weight is 413 g/mol. The lowest BCUT2D eigenvalue weighted by Crippen LogP contribution is -2.61. The minimum atomic E-state index is -9.72. The van der Waals surface area contributed by atoms with Crippen LogP contribution < -0.4 is 16.0 Å². The van der Waals surface area contributed by atoms with Crippen LogP contribution in [0, 0.1) is 5.92 Å². The van der Waals surface area contributed by atoms with Crippen molar-refractivity contribution in [3.05, 3.63) is 29.8 Å². The number of benzene rings is 1. The summed E-state index contributed by atoms with van der Waals surface area (Å²) in [7, 11) is -9.72. The first-order valence-electron chi connectivity index (χ1n) is 8.43. The first kappa shape index (κ1) is 19.9. The molecule has 152 valence electrons. The molecule has 1 aliphatic heterocycles. The van der Waals surface area contributed by atoms with Gasteiger partial charge in [-0.1, -0.05) is 31.6 Å². The Hall–Kier alpha value is -1.88. The lowest BCUT2D eigenvalue weighted by Gasteiger charge is -2.40. The highest BCUT2D eigenvalue weighted by Gasteiger charge is 2.65. The first-order chi connectivity index (χ1) is 12.2. The van der Waals surface area contributed by atoms with Gasteiger partial charge in [-0.25, -0.2) is 0 Å². The number of amides is 2.